The van der Waals surface area contributed by atoms with E-state index in [1.807, 2.05) is 58.9 Å². The first-order valence-corrected chi connectivity index (χ1v) is 13.2. The molecule has 2 saturated heterocycles. The number of amides is 1. The molecular formula is C26H27ClN6OS. The Labute approximate surface area is 213 Å². The van der Waals surface area contributed by atoms with Gasteiger partial charge in [-0.05, 0) is 29.8 Å². The van der Waals surface area contributed by atoms with Crippen LogP contribution >= 0.6 is 22.9 Å². The lowest BCUT2D eigenvalue weighted by Gasteiger charge is -2.48. The van der Waals surface area contributed by atoms with E-state index in [4.69, 9.17) is 16.6 Å². The van der Waals surface area contributed by atoms with Crippen molar-refractivity contribution in [2.45, 2.75) is 19.0 Å². The highest BCUT2D eigenvalue weighted by Crippen LogP contribution is 2.24. The van der Waals surface area contributed by atoms with Crippen LogP contribution in [0.3, 0.4) is 0 Å². The van der Waals surface area contributed by atoms with Crippen LogP contribution in [0.15, 0.2) is 54.0 Å². The average Bonchev–Trinajstić information content (AvgIpc) is 3.50. The molecule has 6 rings (SSSR count). The maximum Gasteiger partial charge on any atom is 0.256 e. The quantitative estimate of drug-likeness (QED) is 0.429. The molecule has 1 N–H and O–H groups in total. The van der Waals surface area contributed by atoms with Gasteiger partial charge in [0.2, 0.25) is 0 Å². The van der Waals surface area contributed by atoms with Gasteiger partial charge in [-0.25, -0.2) is 9.97 Å². The summed E-state index contributed by atoms with van der Waals surface area (Å²) in [6, 6.07) is 14.0. The summed E-state index contributed by atoms with van der Waals surface area (Å²) in [5.74, 6) is 0.915. The van der Waals surface area contributed by atoms with Gasteiger partial charge in [0, 0.05) is 68.3 Å². The first-order valence-electron chi connectivity index (χ1n) is 12.0. The number of nitrogens with zero attached hydrogens (tertiary/aromatic N) is 5. The molecule has 1 amide bonds. The van der Waals surface area contributed by atoms with Crippen molar-refractivity contribution in [2.24, 2.45) is 0 Å². The molecule has 2 aromatic heterocycles. The molecule has 2 aliphatic heterocycles. The van der Waals surface area contributed by atoms with E-state index in [9.17, 15) is 4.79 Å². The Morgan fingerprint density at radius 3 is 2.63 bits per heavy atom. The van der Waals surface area contributed by atoms with Crippen LogP contribution in [-0.2, 0) is 13.0 Å². The number of hydrogen-bond donors (Lipinski definition) is 1. The first kappa shape index (κ1) is 22.7. The summed E-state index contributed by atoms with van der Waals surface area (Å²) in [6.07, 6.45) is 2.54. The SMILES string of the molecule is O=C(c1cccc2[nH]c(Cc3ccc(Cl)cc3)nc12)N1CC(N2CCN(Cc3nccs3)CC2)C1. The number of imidazole rings is 1. The van der Waals surface area contributed by atoms with E-state index in [1.165, 1.54) is 5.01 Å². The number of H-pyrrole nitrogens is 1. The van der Waals surface area contributed by atoms with E-state index in [0.717, 1.165) is 73.3 Å². The molecule has 0 bridgehead atoms. The lowest BCUT2D eigenvalue weighted by molar-refractivity contribution is 0.00657. The van der Waals surface area contributed by atoms with Crippen LogP contribution in [0.4, 0.5) is 0 Å². The number of hydrogen-bond acceptors (Lipinski definition) is 6. The highest BCUT2D eigenvalue weighted by atomic mass is 35.5. The van der Waals surface area contributed by atoms with Gasteiger partial charge < -0.3 is 9.88 Å². The third-order valence-electron chi connectivity index (χ3n) is 6.99. The monoisotopic (exact) mass is 506 g/mol. The van der Waals surface area contributed by atoms with Gasteiger partial charge in [0.05, 0.1) is 17.6 Å². The molecule has 7 nitrogen and oxygen atoms in total. The summed E-state index contributed by atoms with van der Waals surface area (Å²) in [4.78, 5) is 32.8. The van der Waals surface area contributed by atoms with E-state index < -0.39 is 0 Å². The minimum absolute atomic E-state index is 0.0683. The zero-order chi connectivity index (χ0) is 23.8. The summed E-state index contributed by atoms with van der Waals surface area (Å²) in [7, 11) is 0. The summed E-state index contributed by atoms with van der Waals surface area (Å²) in [6.45, 7) is 6.68. The van der Waals surface area contributed by atoms with Crippen molar-refractivity contribution in [1.82, 2.24) is 29.7 Å². The van der Waals surface area contributed by atoms with E-state index >= 15 is 0 Å². The lowest BCUT2D eigenvalue weighted by atomic mass is 10.0. The minimum Gasteiger partial charge on any atom is -0.342 e. The molecule has 2 aromatic carbocycles. The van der Waals surface area contributed by atoms with E-state index in [0.29, 0.717) is 18.0 Å². The highest BCUT2D eigenvalue weighted by Gasteiger charge is 2.37. The summed E-state index contributed by atoms with van der Waals surface area (Å²) in [5.41, 5.74) is 3.44. The maximum atomic E-state index is 13.3. The largest absolute Gasteiger partial charge is 0.342 e. The fraction of sp³-hybridized carbons (Fsp3) is 0.346. The van der Waals surface area contributed by atoms with Gasteiger partial charge in [0.15, 0.2) is 0 Å². The van der Waals surface area contributed by atoms with Crippen LogP contribution in [0, 0.1) is 0 Å². The average molecular weight is 507 g/mol. The number of para-hydroxylation sites is 1. The van der Waals surface area contributed by atoms with E-state index in [-0.39, 0.29) is 5.91 Å². The van der Waals surface area contributed by atoms with Crippen LogP contribution in [0.2, 0.25) is 5.02 Å². The van der Waals surface area contributed by atoms with Crippen molar-refractivity contribution in [3.63, 3.8) is 0 Å². The normalized spacial score (nSPS) is 17.7. The van der Waals surface area contributed by atoms with Crippen molar-refractivity contribution in [2.75, 3.05) is 39.3 Å². The minimum atomic E-state index is 0.0683. The van der Waals surface area contributed by atoms with Crippen LogP contribution in [0.25, 0.3) is 11.0 Å². The van der Waals surface area contributed by atoms with E-state index in [2.05, 4.69) is 19.8 Å². The second kappa shape index (κ2) is 9.70. The standard InChI is InChI=1S/C26H27ClN6OS/c27-19-6-4-18(5-7-19)14-23-29-22-3-1-2-21(25(22)30-23)26(34)33-15-20(16-33)32-11-9-31(10-12-32)17-24-28-8-13-35-24/h1-8,13,20H,9-12,14-17H2,(H,29,30). The van der Waals surface area contributed by atoms with Gasteiger partial charge >= 0.3 is 0 Å². The Morgan fingerprint density at radius 1 is 1.09 bits per heavy atom. The van der Waals surface area contributed by atoms with Gasteiger partial charge in [0.25, 0.3) is 5.91 Å². The van der Waals surface area contributed by atoms with Gasteiger partial charge in [0.1, 0.15) is 16.3 Å². The van der Waals surface area contributed by atoms with Gasteiger partial charge in [-0.1, -0.05) is 29.8 Å². The number of aromatic amines is 1. The molecule has 2 aliphatic rings. The molecule has 0 saturated carbocycles. The molecule has 0 spiro atoms. The topological polar surface area (TPSA) is 68.4 Å². The number of aromatic nitrogens is 3. The second-order valence-electron chi connectivity index (χ2n) is 9.29. The molecule has 0 radical (unpaired) electrons. The third-order valence-corrected chi connectivity index (χ3v) is 8.01. The fourth-order valence-electron chi connectivity index (χ4n) is 4.97. The van der Waals surface area contributed by atoms with Crippen molar-refractivity contribution >= 4 is 39.9 Å². The number of carbonyl (C=O) groups is 1. The number of thiazole rings is 1. The third kappa shape index (κ3) is 4.84. The molecule has 4 aromatic rings. The highest BCUT2D eigenvalue weighted by molar-refractivity contribution is 7.09. The molecule has 35 heavy (non-hydrogen) atoms. The smallest absolute Gasteiger partial charge is 0.256 e. The van der Waals surface area contributed by atoms with Crippen molar-refractivity contribution in [1.29, 1.82) is 0 Å². The summed E-state index contributed by atoms with van der Waals surface area (Å²) < 4.78 is 0. The number of piperazine rings is 1. The molecule has 0 unspecified atom stereocenters. The molecule has 9 heteroatoms. The fourth-order valence-corrected chi connectivity index (χ4v) is 5.75. The van der Waals surface area contributed by atoms with Crippen LogP contribution in [0.5, 0.6) is 0 Å². The maximum absolute atomic E-state index is 13.3. The number of carbonyl (C=O) groups excluding carboxylic acids is 1. The zero-order valence-electron chi connectivity index (χ0n) is 19.4. The summed E-state index contributed by atoms with van der Waals surface area (Å²) >= 11 is 7.72. The van der Waals surface area contributed by atoms with Gasteiger partial charge in [-0.3, -0.25) is 14.6 Å². The van der Waals surface area contributed by atoms with Crippen molar-refractivity contribution in [3.8, 4) is 0 Å². The van der Waals surface area contributed by atoms with Gasteiger partial charge in [-0.15, -0.1) is 11.3 Å². The Hall–Kier alpha value is -2.78. The number of fused-ring (bicyclic) bond motifs is 1. The molecule has 2 fully saturated rings. The number of halogens is 1. The van der Waals surface area contributed by atoms with Gasteiger partial charge in [-0.2, -0.15) is 0 Å². The Kier molecular flexibility index (Phi) is 6.28. The predicted octanol–water partition coefficient (Wildman–Crippen LogP) is 3.91. The Morgan fingerprint density at radius 2 is 1.89 bits per heavy atom. The second-order valence-corrected chi connectivity index (χ2v) is 10.7. The van der Waals surface area contributed by atoms with Crippen LogP contribution in [0.1, 0.15) is 26.8 Å². The van der Waals surface area contributed by atoms with Crippen LogP contribution < -0.4 is 0 Å². The summed E-state index contributed by atoms with van der Waals surface area (Å²) in [5, 5.41) is 3.94. The van der Waals surface area contributed by atoms with Crippen molar-refractivity contribution in [3.05, 3.63) is 81.0 Å². The van der Waals surface area contributed by atoms with Crippen molar-refractivity contribution < 1.29 is 4.79 Å². The molecule has 0 aliphatic carbocycles. The van der Waals surface area contributed by atoms with Crippen LogP contribution in [-0.4, -0.2) is 80.9 Å². The number of benzene rings is 2. The predicted molar refractivity (Wildman–Crippen MR) is 139 cm³/mol. The first-order chi connectivity index (χ1) is 17.1. The number of nitrogens with one attached hydrogen (secondary N) is 1. The number of rotatable bonds is 6. The lowest BCUT2D eigenvalue weighted by Crippen LogP contribution is -2.64. The molecule has 180 valence electrons. The Bertz CT molecular complexity index is 1310. The molecule has 4 heterocycles. The van der Waals surface area contributed by atoms with E-state index in [1.54, 1.807) is 11.3 Å². The molecule has 0 atom stereocenters. The zero-order valence-corrected chi connectivity index (χ0v) is 20.9. The molecular weight excluding hydrogens is 480 g/mol. The Balaban J connectivity index is 1.07. The number of likely N-dealkylation sites (tertiary alicyclic amines) is 1.